The maximum absolute atomic E-state index is 11.8. The van der Waals surface area contributed by atoms with Crippen molar-refractivity contribution in [3.05, 3.63) is 34.3 Å². The van der Waals surface area contributed by atoms with E-state index in [9.17, 15) is 9.59 Å². The van der Waals surface area contributed by atoms with Gasteiger partial charge in [-0.25, -0.2) is 0 Å². The van der Waals surface area contributed by atoms with Crippen molar-refractivity contribution >= 4 is 27.7 Å². The first-order valence-electron chi connectivity index (χ1n) is 5.38. The predicted molar refractivity (Wildman–Crippen MR) is 69.8 cm³/mol. The lowest BCUT2D eigenvalue weighted by Crippen LogP contribution is -2.44. The highest BCUT2D eigenvalue weighted by Gasteiger charge is 2.15. The van der Waals surface area contributed by atoms with Crippen LogP contribution in [0.15, 0.2) is 28.7 Å². The van der Waals surface area contributed by atoms with Gasteiger partial charge in [-0.3, -0.25) is 9.59 Å². The number of hydrogen-bond donors (Lipinski definition) is 2. The Hall–Kier alpha value is -1.36. The first kappa shape index (κ1) is 13.7. The summed E-state index contributed by atoms with van der Waals surface area (Å²) in [6.07, 6.45) is 0. The van der Waals surface area contributed by atoms with Crippen LogP contribution in [-0.4, -0.2) is 24.4 Å². The van der Waals surface area contributed by atoms with Gasteiger partial charge < -0.3 is 10.6 Å². The van der Waals surface area contributed by atoms with Crippen LogP contribution in [0.25, 0.3) is 0 Å². The zero-order valence-electron chi connectivity index (χ0n) is 9.79. The summed E-state index contributed by atoms with van der Waals surface area (Å²) in [6.45, 7) is 4.04. The van der Waals surface area contributed by atoms with Gasteiger partial charge in [0.25, 0.3) is 5.91 Å². The minimum atomic E-state index is -0.540. The van der Waals surface area contributed by atoms with E-state index in [4.69, 9.17) is 0 Å². The van der Waals surface area contributed by atoms with Gasteiger partial charge in [0.15, 0.2) is 0 Å². The van der Waals surface area contributed by atoms with Crippen molar-refractivity contribution in [1.29, 1.82) is 0 Å². The number of likely N-dealkylation sites (N-methyl/N-ethyl adjacent to an activating group) is 1. The van der Waals surface area contributed by atoms with Crippen LogP contribution < -0.4 is 10.6 Å². The maximum atomic E-state index is 11.8. The summed E-state index contributed by atoms with van der Waals surface area (Å²) in [6, 6.07) is 6.48. The second-order valence-electron chi connectivity index (χ2n) is 3.60. The minimum absolute atomic E-state index is 0.184. The molecule has 2 amide bonds. The molecule has 0 fully saturated rings. The van der Waals surface area contributed by atoms with Crippen molar-refractivity contribution in [3.8, 4) is 0 Å². The van der Waals surface area contributed by atoms with Crippen molar-refractivity contribution < 1.29 is 9.59 Å². The largest absolute Gasteiger partial charge is 0.355 e. The maximum Gasteiger partial charge on any atom is 0.251 e. The molecular weight excluding hydrogens is 284 g/mol. The van der Waals surface area contributed by atoms with Crippen molar-refractivity contribution in [1.82, 2.24) is 10.6 Å². The highest BCUT2D eigenvalue weighted by atomic mass is 79.9. The van der Waals surface area contributed by atoms with Crippen LogP contribution in [-0.2, 0) is 4.79 Å². The second kappa shape index (κ2) is 6.39. The van der Waals surface area contributed by atoms with E-state index in [1.165, 1.54) is 0 Å². The number of rotatable bonds is 4. The molecule has 0 aliphatic carbocycles. The molecule has 0 heterocycles. The molecule has 0 spiro atoms. The zero-order chi connectivity index (χ0) is 12.8. The van der Waals surface area contributed by atoms with Gasteiger partial charge in [0, 0.05) is 16.6 Å². The van der Waals surface area contributed by atoms with Gasteiger partial charge in [-0.05, 0) is 32.0 Å². The van der Waals surface area contributed by atoms with Crippen molar-refractivity contribution in [2.24, 2.45) is 0 Å². The number of carbonyl (C=O) groups excluding carboxylic acids is 2. The van der Waals surface area contributed by atoms with Gasteiger partial charge in [0.05, 0.1) is 0 Å². The summed E-state index contributed by atoms with van der Waals surface area (Å²) in [5, 5.41) is 5.29. The molecule has 92 valence electrons. The lowest BCUT2D eigenvalue weighted by Gasteiger charge is -2.13. The van der Waals surface area contributed by atoms with Crippen LogP contribution >= 0.6 is 15.9 Å². The molecule has 17 heavy (non-hydrogen) atoms. The summed E-state index contributed by atoms with van der Waals surface area (Å²) in [5.41, 5.74) is 0.524. The summed E-state index contributed by atoms with van der Waals surface area (Å²) in [5.74, 6) is -0.444. The Balaban J connectivity index is 2.63. The molecule has 4 nitrogen and oxygen atoms in total. The van der Waals surface area contributed by atoms with Gasteiger partial charge in [0.1, 0.15) is 6.04 Å². The Labute approximate surface area is 109 Å². The van der Waals surface area contributed by atoms with Crippen molar-refractivity contribution in [3.63, 3.8) is 0 Å². The quantitative estimate of drug-likeness (QED) is 0.889. The number of carbonyl (C=O) groups is 2. The molecule has 0 aliphatic rings. The fourth-order valence-electron chi connectivity index (χ4n) is 1.30. The number of benzene rings is 1. The normalized spacial score (nSPS) is 11.7. The Morgan fingerprint density at radius 2 is 2.12 bits per heavy atom. The predicted octanol–water partition coefficient (Wildman–Crippen LogP) is 1.70. The number of amides is 2. The molecular formula is C12H15BrN2O2. The van der Waals surface area contributed by atoms with E-state index in [0.717, 1.165) is 4.47 Å². The Bertz CT molecular complexity index is 421. The lowest BCUT2D eigenvalue weighted by atomic mass is 10.2. The standard InChI is InChI=1S/C12H15BrN2O2/c1-3-14-11(16)8(2)15-12(17)9-5-4-6-10(13)7-9/h4-8H,3H2,1-2H3,(H,14,16)(H,15,17)/t8-/m0/s1. The van der Waals surface area contributed by atoms with E-state index in [0.29, 0.717) is 12.1 Å². The van der Waals surface area contributed by atoms with E-state index < -0.39 is 6.04 Å². The highest BCUT2D eigenvalue weighted by Crippen LogP contribution is 2.11. The third-order valence-corrected chi connectivity index (χ3v) is 2.67. The van der Waals surface area contributed by atoms with Crippen molar-refractivity contribution in [2.75, 3.05) is 6.54 Å². The molecule has 0 aromatic heterocycles. The van der Waals surface area contributed by atoms with Crippen LogP contribution in [0.1, 0.15) is 24.2 Å². The number of nitrogens with one attached hydrogen (secondary N) is 2. The zero-order valence-corrected chi connectivity index (χ0v) is 11.4. The summed E-state index contributed by atoms with van der Waals surface area (Å²) in [7, 11) is 0. The smallest absolute Gasteiger partial charge is 0.251 e. The summed E-state index contributed by atoms with van der Waals surface area (Å²) < 4.78 is 0.829. The highest BCUT2D eigenvalue weighted by molar-refractivity contribution is 9.10. The fraction of sp³-hybridized carbons (Fsp3) is 0.333. The Morgan fingerprint density at radius 1 is 1.41 bits per heavy atom. The molecule has 0 saturated heterocycles. The monoisotopic (exact) mass is 298 g/mol. The van der Waals surface area contributed by atoms with E-state index in [2.05, 4.69) is 26.6 Å². The van der Waals surface area contributed by atoms with E-state index in [-0.39, 0.29) is 11.8 Å². The molecule has 0 radical (unpaired) electrons. The molecule has 1 atom stereocenters. The minimum Gasteiger partial charge on any atom is -0.355 e. The molecule has 0 bridgehead atoms. The lowest BCUT2D eigenvalue weighted by molar-refractivity contribution is -0.122. The van der Waals surface area contributed by atoms with Gasteiger partial charge in [-0.1, -0.05) is 22.0 Å². The molecule has 0 aliphatic heterocycles. The van der Waals surface area contributed by atoms with Gasteiger partial charge >= 0.3 is 0 Å². The molecule has 5 heteroatoms. The molecule has 2 N–H and O–H groups in total. The molecule has 1 rings (SSSR count). The van der Waals surface area contributed by atoms with Crippen LogP contribution in [0, 0.1) is 0 Å². The van der Waals surface area contributed by atoms with Gasteiger partial charge in [-0.15, -0.1) is 0 Å². The fourth-order valence-corrected chi connectivity index (χ4v) is 1.70. The average Bonchev–Trinajstić information content (AvgIpc) is 2.29. The van der Waals surface area contributed by atoms with Crippen molar-refractivity contribution in [2.45, 2.75) is 19.9 Å². The molecule has 0 unspecified atom stereocenters. The van der Waals surface area contributed by atoms with Crippen LogP contribution in [0.4, 0.5) is 0 Å². The average molecular weight is 299 g/mol. The number of hydrogen-bond acceptors (Lipinski definition) is 2. The SMILES string of the molecule is CCNC(=O)[C@H](C)NC(=O)c1cccc(Br)c1. The van der Waals surface area contributed by atoms with Gasteiger partial charge in [-0.2, -0.15) is 0 Å². The van der Waals surface area contributed by atoms with E-state index >= 15 is 0 Å². The van der Waals surface area contributed by atoms with Gasteiger partial charge in [0.2, 0.25) is 5.91 Å². The Kier molecular flexibility index (Phi) is 5.15. The van der Waals surface area contributed by atoms with E-state index in [1.54, 1.807) is 25.1 Å². The molecule has 1 aromatic rings. The summed E-state index contributed by atoms with van der Waals surface area (Å²) >= 11 is 3.29. The third kappa shape index (κ3) is 4.19. The van der Waals surface area contributed by atoms with Crippen LogP contribution in [0.5, 0.6) is 0 Å². The van der Waals surface area contributed by atoms with E-state index in [1.807, 2.05) is 13.0 Å². The summed E-state index contributed by atoms with van der Waals surface area (Å²) in [4.78, 5) is 23.2. The second-order valence-corrected chi connectivity index (χ2v) is 4.52. The molecule has 1 aromatic carbocycles. The first-order chi connectivity index (χ1) is 8.04. The number of halogens is 1. The Morgan fingerprint density at radius 3 is 2.71 bits per heavy atom. The first-order valence-corrected chi connectivity index (χ1v) is 6.18. The van der Waals surface area contributed by atoms with Crippen LogP contribution in [0.3, 0.4) is 0 Å². The third-order valence-electron chi connectivity index (χ3n) is 2.18. The topological polar surface area (TPSA) is 58.2 Å². The molecule has 0 saturated carbocycles. The van der Waals surface area contributed by atoms with Crippen LogP contribution in [0.2, 0.25) is 0 Å².